The second kappa shape index (κ2) is 11.6. The Labute approximate surface area is 196 Å². The first-order chi connectivity index (χ1) is 10.3. The summed E-state index contributed by atoms with van der Waals surface area (Å²) in [6.07, 6.45) is 0. The van der Waals surface area contributed by atoms with E-state index < -0.39 is 46.0 Å². The van der Waals surface area contributed by atoms with Gasteiger partial charge in [-0.25, -0.2) is 0 Å². The summed E-state index contributed by atoms with van der Waals surface area (Å²) in [7, 11) is 0. The van der Waals surface area contributed by atoms with Gasteiger partial charge in [0.05, 0.1) is 11.9 Å². The van der Waals surface area contributed by atoms with Gasteiger partial charge < -0.3 is 40.8 Å². The van der Waals surface area contributed by atoms with E-state index >= 15 is 0 Å². The SMILES string of the molecule is N=C([O-])c1c(C(=O)[O-])c(C(=O)[O-])c2ccccc2c1C(=N)[O-].[Li+].[Li+].[Li+].[Li+]. The Morgan fingerprint density at radius 2 is 0.962 bits per heavy atom. The summed E-state index contributed by atoms with van der Waals surface area (Å²) in [4.78, 5) is 22.5. The summed E-state index contributed by atoms with van der Waals surface area (Å²) < 4.78 is 0. The molecule has 2 aromatic rings. The van der Waals surface area contributed by atoms with Crippen LogP contribution in [-0.2, 0) is 0 Å². The van der Waals surface area contributed by atoms with Gasteiger partial charge in [0.25, 0.3) is 0 Å². The van der Waals surface area contributed by atoms with Gasteiger partial charge in [0, 0.05) is 22.3 Å². The summed E-state index contributed by atoms with van der Waals surface area (Å²) in [5.41, 5.74) is -3.64. The van der Waals surface area contributed by atoms with Crippen LogP contribution in [0.2, 0.25) is 0 Å². The number of carboxylic acids is 2. The first kappa shape index (κ1) is 29.7. The summed E-state index contributed by atoms with van der Waals surface area (Å²) in [6.45, 7) is 0. The first-order valence-electron chi connectivity index (χ1n) is 5.80. The van der Waals surface area contributed by atoms with Crippen molar-refractivity contribution in [2.75, 3.05) is 0 Å². The molecular formula is C14H6Li4N2O6. The van der Waals surface area contributed by atoms with Crippen LogP contribution in [0, 0.1) is 10.8 Å². The van der Waals surface area contributed by atoms with Crippen molar-refractivity contribution in [3.8, 4) is 0 Å². The molecule has 0 bridgehead atoms. The molecule has 8 nitrogen and oxygen atoms in total. The zero-order valence-corrected chi connectivity index (χ0v) is 14.8. The van der Waals surface area contributed by atoms with Gasteiger partial charge in [0.2, 0.25) is 0 Å². The number of carboxylic acid groups (broad SMARTS) is 2. The molecule has 0 heterocycles. The second-order valence-corrected chi connectivity index (χ2v) is 4.28. The summed E-state index contributed by atoms with van der Waals surface area (Å²) in [6, 6.07) is 5.24. The maximum absolute atomic E-state index is 11.5. The third-order valence-electron chi connectivity index (χ3n) is 3.08. The minimum Gasteiger partial charge on any atom is -0.859 e. The van der Waals surface area contributed by atoms with Gasteiger partial charge >= 0.3 is 75.4 Å². The van der Waals surface area contributed by atoms with Crippen molar-refractivity contribution < 1.29 is 105 Å². The van der Waals surface area contributed by atoms with E-state index in [9.17, 15) is 30.0 Å². The number of benzene rings is 2. The largest absolute Gasteiger partial charge is 1.00 e. The standard InChI is InChI=1S/C14H10N2O6.4Li/c15-11(17)7-5-3-1-2-4-6(5)8(13(19)20)10(14(21)22)9(7)12(16)18;;;;/h1-4H,(H2,15,17)(H2,16,18)(H,19,20)(H,21,22);;;;/q;4*+1/p-4. The van der Waals surface area contributed by atoms with E-state index in [1.165, 1.54) is 24.3 Å². The average Bonchev–Trinajstić information content (AvgIpc) is 2.43. The van der Waals surface area contributed by atoms with E-state index in [0.29, 0.717) is 0 Å². The molecule has 0 radical (unpaired) electrons. The summed E-state index contributed by atoms with van der Waals surface area (Å²) in [5.74, 6) is -6.98. The zero-order valence-electron chi connectivity index (χ0n) is 14.8. The molecule has 0 aliphatic carbocycles. The fraction of sp³-hybridized carbons (Fsp3) is 0. The summed E-state index contributed by atoms with van der Waals surface area (Å²) in [5, 5.41) is 59.5. The van der Waals surface area contributed by atoms with Gasteiger partial charge in [-0.1, -0.05) is 24.3 Å². The van der Waals surface area contributed by atoms with E-state index in [0.717, 1.165) is 0 Å². The molecule has 0 saturated heterocycles. The van der Waals surface area contributed by atoms with Crippen molar-refractivity contribution >= 4 is 34.5 Å². The molecule has 0 amide bonds. The van der Waals surface area contributed by atoms with Gasteiger partial charge in [-0.15, -0.1) is 0 Å². The smallest absolute Gasteiger partial charge is 0.859 e. The third kappa shape index (κ3) is 5.25. The Bertz CT molecular complexity index is 802. The van der Waals surface area contributed by atoms with Gasteiger partial charge in [0.15, 0.2) is 0 Å². The normalized spacial score (nSPS) is 8.77. The van der Waals surface area contributed by atoms with Crippen LogP contribution in [0.15, 0.2) is 24.3 Å². The molecule has 2 N–H and O–H groups in total. The first-order valence-corrected chi connectivity index (χ1v) is 5.80. The van der Waals surface area contributed by atoms with Gasteiger partial charge in [-0.2, -0.15) is 0 Å². The van der Waals surface area contributed by atoms with Crippen LogP contribution in [0.5, 0.6) is 0 Å². The third-order valence-corrected chi connectivity index (χ3v) is 3.08. The molecule has 26 heavy (non-hydrogen) atoms. The topological polar surface area (TPSA) is 174 Å². The molecule has 0 aliphatic heterocycles. The fourth-order valence-electron chi connectivity index (χ4n) is 2.32. The predicted octanol–water partition coefficient (Wildman–Crippen LogP) is -15.0. The molecule has 2 rings (SSSR count). The number of rotatable bonds is 4. The van der Waals surface area contributed by atoms with Crippen molar-refractivity contribution in [1.82, 2.24) is 0 Å². The Morgan fingerprint density at radius 3 is 1.27 bits per heavy atom. The molecule has 0 saturated carbocycles. The quantitative estimate of drug-likeness (QED) is 0.320. The number of aromatic carboxylic acids is 2. The van der Waals surface area contributed by atoms with Crippen LogP contribution in [0.3, 0.4) is 0 Å². The van der Waals surface area contributed by atoms with Crippen molar-refractivity contribution in [2.45, 2.75) is 0 Å². The molecule has 2 aromatic carbocycles. The Hall–Kier alpha value is -1.03. The number of hydrogen-bond donors (Lipinski definition) is 2. The Balaban J connectivity index is -0.00000132. The van der Waals surface area contributed by atoms with Crippen LogP contribution in [-0.4, -0.2) is 23.7 Å². The maximum Gasteiger partial charge on any atom is 1.00 e. The van der Waals surface area contributed by atoms with Crippen molar-refractivity contribution in [2.24, 2.45) is 0 Å². The molecular weight excluding hydrogens is 320 g/mol. The number of hydrogen-bond acceptors (Lipinski definition) is 8. The van der Waals surface area contributed by atoms with E-state index in [4.69, 9.17) is 10.8 Å². The van der Waals surface area contributed by atoms with Crippen LogP contribution < -0.4 is 95.9 Å². The van der Waals surface area contributed by atoms with E-state index in [1.54, 1.807) is 0 Å². The molecule has 0 aromatic heterocycles. The summed E-state index contributed by atoms with van der Waals surface area (Å²) >= 11 is 0. The van der Waals surface area contributed by atoms with E-state index in [2.05, 4.69) is 0 Å². The van der Waals surface area contributed by atoms with Crippen LogP contribution in [0.4, 0.5) is 0 Å². The molecule has 12 heteroatoms. The van der Waals surface area contributed by atoms with Crippen molar-refractivity contribution in [3.05, 3.63) is 46.5 Å². The van der Waals surface area contributed by atoms with Gasteiger partial charge in [-0.05, 0) is 22.6 Å². The number of carbonyl (C=O) groups excluding carboxylic acids is 2. The van der Waals surface area contributed by atoms with Gasteiger partial charge in [0.1, 0.15) is 0 Å². The maximum atomic E-state index is 11.5. The minimum atomic E-state index is -2.05. The minimum absolute atomic E-state index is 0. The van der Waals surface area contributed by atoms with Gasteiger partial charge in [-0.3, -0.25) is 0 Å². The van der Waals surface area contributed by atoms with E-state index in [1.807, 2.05) is 0 Å². The van der Waals surface area contributed by atoms with Crippen LogP contribution >= 0.6 is 0 Å². The molecule has 0 unspecified atom stereocenters. The predicted molar refractivity (Wildman–Crippen MR) is 66.3 cm³/mol. The van der Waals surface area contributed by atoms with Crippen molar-refractivity contribution in [3.63, 3.8) is 0 Å². The van der Waals surface area contributed by atoms with Crippen LogP contribution in [0.25, 0.3) is 10.8 Å². The number of fused-ring (bicyclic) bond motifs is 1. The molecule has 112 valence electrons. The van der Waals surface area contributed by atoms with Crippen molar-refractivity contribution in [1.29, 1.82) is 10.8 Å². The average molecular weight is 326 g/mol. The fourth-order valence-corrected chi connectivity index (χ4v) is 2.32. The second-order valence-electron chi connectivity index (χ2n) is 4.28. The zero-order chi connectivity index (χ0) is 16.6. The van der Waals surface area contributed by atoms with E-state index in [-0.39, 0.29) is 86.2 Å². The monoisotopic (exact) mass is 326 g/mol. The molecule has 0 spiro atoms. The Morgan fingerprint density at radius 1 is 0.615 bits per heavy atom. The van der Waals surface area contributed by atoms with Crippen LogP contribution in [0.1, 0.15) is 31.8 Å². The number of carbonyl (C=O) groups is 2. The number of nitrogens with one attached hydrogen (secondary N) is 2. The Kier molecular flexibility index (Phi) is 13.3. The molecule has 0 fully saturated rings. The molecule has 0 atom stereocenters. The molecule has 0 aliphatic rings.